The van der Waals surface area contributed by atoms with Crippen molar-refractivity contribution >= 4 is 6.09 Å². The number of aliphatic hydroxyl groups excluding tert-OH is 1. The lowest BCUT2D eigenvalue weighted by atomic mass is 9.99. The van der Waals surface area contributed by atoms with Crippen molar-refractivity contribution in [2.45, 2.75) is 38.8 Å². The van der Waals surface area contributed by atoms with Gasteiger partial charge in [-0.2, -0.15) is 0 Å². The Morgan fingerprint density at radius 1 is 0.971 bits per heavy atom. The predicted octanol–water partition coefficient (Wildman–Crippen LogP) is 5.03. The third-order valence-electron chi connectivity index (χ3n) is 6.14. The molecule has 4 rings (SSSR count). The van der Waals surface area contributed by atoms with Gasteiger partial charge >= 0.3 is 6.09 Å². The van der Waals surface area contributed by atoms with Crippen molar-refractivity contribution in [1.29, 1.82) is 0 Å². The number of hydrogen-bond donors (Lipinski definition) is 1. The number of benzene rings is 2. The molecule has 6 heteroatoms. The van der Waals surface area contributed by atoms with E-state index in [1.54, 1.807) is 24.2 Å². The molecule has 180 valence electrons. The first-order chi connectivity index (χ1) is 16.4. The second kappa shape index (κ2) is 12.2. The molecule has 3 aromatic rings. The van der Waals surface area contributed by atoms with Crippen LogP contribution in [0.2, 0.25) is 0 Å². The smallest absolute Gasteiger partial charge is 0.410 e. The van der Waals surface area contributed by atoms with Crippen LogP contribution in [-0.4, -0.2) is 39.9 Å². The minimum atomic E-state index is -0.301. The third-order valence-corrected chi connectivity index (χ3v) is 6.14. The summed E-state index contributed by atoms with van der Waals surface area (Å²) in [5.74, 6) is 0.129. The summed E-state index contributed by atoms with van der Waals surface area (Å²) in [5, 5.41) is 9.18. The normalized spacial score (nSPS) is 17.2. The molecular weight excluding hydrogens is 428 g/mol. The van der Waals surface area contributed by atoms with E-state index in [1.165, 1.54) is 4.57 Å². The van der Waals surface area contributed by atoms with Crippen LogP contribution in [0.1, 0.15) is 38.3 Å². The summed E-state index contributed by atoms with van der Waals surface area (Å²) in [6, 6.07) is 23.4. The number of carbonyl (C=O) groups excluding carboxylic acids is 1. The van der Waals surface area contributed by atoms with Gasteiger partial charge in [0.15, 0.2) is 0 Å². The number of pyridine rings is 1. The minimum absolute atomic E-state index is 0.0453. The van der Waals surface area contributed by atoms with Gasteiger partial charge < -0.3 is 19.3 Å². The van der Waals surface area contributed by atoms with E-state index in [2.05, 4.69) is 0 Å². The van der Waals surface area contributed by atoms with Gasteiger partial charge in [-0.15, -0.1) is 0 Å². The van der Waals surface area contributed by atoms with E-state index < -0.39 is 0 Å². The fourth-order valence-electron chi connectivity index (χ4n) is 3.93. The number of aliphatic hydroxyl groups is 1. The standard InChI is InChI=1S/C22H28N2O4.C6H6/c1-15(14-25)12-20-9-11-24(22(27)28-20)16(2)17-4-6-18(7-5-17)19-8-10-23(3)21(26)13-19;1-2-4-6-5-3-1/h4-8,10,13,15-16,20,25H,9,11-12,14H2,1-3H3;1-6H. The van der Waals surface area contributed by atoms with Crippen LogP contribution in [0.5, 0.6) is 0 Å². The lowest BCUT2D eigenvalue weighted by Crippen LogP contribution is -2.43. The topological polar surface area (TPSA) is 71.8 Å². The number of carbonyl (C=O) groups is 1. The Bertz CT molecular complexity index is 1070. The van der Waals surface area contributed by atoms with Crippen LogP contribution in [0.3, 0.4) is 0 Å². The van der Waals surface area contributed by atoms with E-state index in [0.717, 1.165) is 23.1 Å². The highest BCUT2D eigenvalue weighted by Crippen LogP contribution is 2.28. The third kappa shape index (κ3) is 6.81. The van der Waals surface area contributed by atoms with Crippen LogP contribution in [0, 0.1) is 5.92 Å². The number of cyclic esters (lactones) is 1. The number of aromatic nitrogens is 1. The molecule has 0 radical (unpaired) electrons. The van der Waals surface area contributed by atoms with Gasteiger partial charge in [0.2, 0.25) is 0 Å². The highest BCUT2D eigenvalue weighted by molar-refractivity contribution is 5.69. The van der Waals surface area contributed by atoms with Crippen LogP contribution in [0.25, 0.3) is 11.1 Å². The predicted molar refractivity (Wildman–Crippen MR) is 134 cm³/mol. The van der Waals surface area contributed by atoms with Crippen LogP contribution >= 0.6 is 0 Å². The molecule has 0 aliphatic carbocycles. The van der Waals surface area contributed by atoms with Gasteiger partial charge in [0, 0.05) is 38.9 Å². The first-order valence-electron chi connectivity index (χ1n) is 11.7. The summed E-state index contributed by atoms with van der Waals surface area (Å²) in [5.41, 5.74) is 2.82. The maximum absolute atomic E-state index is 12.5. The second-order valence-electron chi connectivity index (χ2n) is 8.83. The second-order valence-corrected chi connectivity index (χ2v) is 8.83. The quantitative estimate of drug-likeness (QED) is 0.558. The number of nitrogens with zero attached hydrogens (tertiary/aromatic N) is 2. The van der Waals surface area contributed by atoms with Crippen molar-refractivity contribution in [2.24, 2.45) is 13.0 Å². The van der Waals surface area contributed by atoms with Crippen molar-refractivity contribution in [2.75, 3.05) is 13.2 Å². The van der Waals surface area contributed by atoms with E-state index in [1.807, 2.05) is 80.6 Å². The highest BCUT2D eigenvalue weighted by Gasteiger charge is 2.31. The maximum Gasteiger partial charge on any atom is 0.410 e. The Morgan fingerprint density at radius 2 is 1.59 bits per heavy atom. The Hall–Kier alpha value is -3.38. The lowest BCUT2D eigenvalue weighted by Gasteiger charge is -2.36. The zero-order valence-corrected chi connectivity index (χ0v) is 20.1. The minimum Gasteiger partial charge on any atom is -0.446 e. The largest absolute Gasteiger partial charge is 0.446 e. The van der Waals surface area contributed by atoms with Gasteiger partial charge in [0.05, 0.1) is 6.04 Å². The molecule has 1 aliphatic heterocycles. The van der Waals surface area contributed by atoms with Gasteiger partial charge in [-0.05, 0) is 42.0 Å². The van der Waals surface area contributed by atoms with Gasteiger partial charge in [0.1, 0.15) is 6.10 Å². The number of ether oxygens (including phenoxy) is 1. The van der Waals surface area contributed by atoms with Crippen molar-refractivity contribution in [1.82, 2.24) is 9.47 Å². The Balaban J connectivity index is 0.000000469. The van der Waals surface area contributed by atoms with E-state index in [4.69, 9.17) is 4.74 Å². The average Bonchev–Trinajstić information content (AvgIpc) is 2.87. The van der Waals surface area contributed by atoms with E-state index in [9.17, 15) is 14.7 Å². The highest BCUT2D eigenvalue weighted by atomic mass is 16.6. The summed E-state index contributed by atoms with van der Waals surface area (Å²) < 4.78 is 7.11. The fourth-order valence-corrected chi connectivity index (χ4v) is 3.93. The molecule has 1 fully saturated rings. The molecule has 2 heterocycles. The zero-order chi connectivity index (χ0) is 24.5. The SMILES string of the molecule is CC(CO)CC1CCN(C(C)c2ccc(-c3ccn(C)c(=O)c3)cc2)C(=O)O1.c1ccccc1. The van der Waals surface area contributed by atoms with Crippen molar-refractivity contribution < 1.29 is 14.6 Å². The Kier molecular flexibility index (Phi) is 9.05. The molecular formula is C28H34N2O4. The molecule has 1 N–H and O–H groups in total. The van der Waals surface area contributed by atoms with Gasteiger partial charge in [0.25, 0.3) is 5.56 Å². The summed E-state index contributed by atoms with van der Waals surface area (Å²) in [4.78, 5) is 26.0. The first kappa shape index (κ1) is 25.2. The molecule has 34 heavy (non-hydrogen) atoms. The molecule has 6 nitrogen and oxygen atoms in total. The molecule has 1 saturated heterocycles. The van der Waals surface area contributed by atoms with Crippen molar-refractivity contribution in [3.8, 4) is 11.1 Å². The van der Waals surface area contributed by atoms with Crippen LogP contribution in [-0.2, 0) is 11.8 Å². The number of aryl methyl sites for hydroxylation is 1. The number of amides is 1. The van der Waals surface area contributed by atoms with Gasteiger partial charge in [-0.1, -0.05) is 67.6 Å². The van der Waals surface area contributed by atoms with Crippen molar-refractivity contribution in [3.05, 3.63) is 94.9 Å². The molecule has 1 aromatic heterocycles. The summed E-state index contributed by atoms with van der Waals surface area (Å²) in [7, 11) is 1.73. The van der Waals surface area contributed by atoms with E-state index in [-0.39, 0.29) is 36.3 Å². The number of rotatable bonds is 6. The van der Waals surface area contributed by atoms with Gasteiger partial charge in [-0.25, -0.2) is 4.79 Å². The maximum atomic E-state index is 12.5. The molecule has 0 saturated carbocycles. The van der Waals surface area contributed by atoms with Crippen LogP contribution in [0.15, 0.2) is 83.8 Å². The zero-order valence-electron chi connectivity index (χ0n) is 20.1. The van der Waals surface area contributed by atoms with E-state index in [0.29, 0.717) is 13.0 Å². The summed E-state index contributed by atoms with van der Waals surface area (Å²) >= 11 is 0. The molecule has 1 amide bonds. The first-order valence-corrected chi connectivity index (χ1v) is 11.7. The van der Waals surface area contributed by atoms with Crippen LogP contribution < -0.4 is 5.56 Å². The van der Waals surface area contributed by atoms with E-state index >= 15 is 0 Å². The van der Waals surface area contributed by atoms with Gasteiger partial charge in [-0.3, -0.25) is 4.79 Å². The van der Waals surface area contributed by atoms with Crippen molar-refractivity contribution in [3.63, 3.8) is 0 Å². The monoisotopic (exact) mass is 462 g/mol. The molecule has 0 bridgehead atoms. The summed E-state index contributed by atoms with van der Waals surface area (Å²) in [6.07, 6.45) is 2.79. The average molecular weight is 463 g/mol. The Morgan fingerprint density at radius 3 is 2.12 bits per heavy atom. The number of hydrogen-bond acceptors (Lipinski definition) is 4. The Labute approximate surface area is 201 Å². The van der Waals surface area contributed by atoms with Crippen LogP contribution in [0.4, 0.5) is 4.79 Å². The molecule has 2 aromatic carbocycles. The molecule has 3 atom stereocenters. The molecule has 0 spiro atoms. The molecule has 1 aliphatic rings. The fraction of sp³-hybridized carbons (Fsp3) is 0.357. The summed E-state index contributed by atoms with van der Waals surface area (Å²) in [6.45, 7) is 4.69. The lowest BCUT2D eigenvalue weighted by molar-refractivity contribution is 0.00105. The molecule has 3 unspecified atom stereocenters.